The van der Waals surface area contributed by atoms with Gasteiger partial charge in [-0.25, -0.2) is 0 Å². The molecule has 3 nitrogen and oxygen atoms in total. The first kappa shape index (κ1) is 8.89. The average molecular weight is 188 g/mol. The van der Waals surface area contributed by atoms with E-state index in [9.17, 15) is 0 Å². The number of nitrogens with zero attached hydrogens (tertiary/aromatic N) is 1. The van der Waals surface area contributed by atoms with Crippen molar-refractivity contribution in [1.82, 2.24) is 0 Å². The molecule has 1 unspecified atom stereocenters. The van der Waals surface area contributed by atoms with Crippen LogP contribution in [0.4, 0.5) is 5.69 Å². The third-order valence-corrected chi connectivity index (χ3v) is 2.57. The Bertz CT molecular complexity index is 381. The molecule has 0 amide bonds. The fraction of sp³-hybridized carbons (Fsp3) is 0.364. The molecule has 1 heterocycles. The number of rotatable bonds is 2. The van der Waals surface area contributed by atoms with Gasteiger partial charge in [0.25, 0.3) is 0 Å². The number of hydrogen-bond acceptors (Lipinski definition) is 3. The molecule has 0 saturated heterocycles. The summed E-state index contributed by atoms with van der Waals surface area (Å²) in [5.41, 5.74) is 2.25. The molecule has 0 aromatic heterocycles. The number of nitrogens with one attached hydrogen (secondary N) is 1. The first-order chi connectivity index (χ1) is 6.86. The fourth-order valence-electron chi connectivity index (χ4n) is 1.92. The molecule has 0 spiro atoms. The zero-order valence-corrected chi connectivity index (χ0v) is 8.08. The van der Waals surface area contributed by atoms with Crippen molar-refractivity contribution >= 4 is 5.69 Å². The summed E-state index contributed by atoms with van der Waals surface area (Å²) in [4.78, 5) is 0. The lowest BCUT2D eigenvalue weighted by Gasteiger charge is -2.10. The predicted octanol–water partition coefficient (Wildman–Crippen LogP) is 2.12. The monoisotopic (exact) mass is 188 g/mol. The minimum absolute atomic E-state index is 0.270. The Balaban J connectivity index is 2.41. The number of benzene rings is 1. The fourth-order valence-corrected chi connectivity index (χ4v) is 1.92. The van der Waals surface area contributed by atoms with E-state index in [1.54, 1.807) is 7.11 Å². The lowest BCUT2D eigenvalue weighted by molar-refractivity contribution is 0.408. The van der Waals surface area contributed by atoms with E-state index >= 15 is 0 Å². The molecule has 14 heavy (non-hydrogen) atoms. The Morgan fingerprint density at radius 3 is 3.21 bits per heavy atom. The summed E-state index contributed by atoms with van der Waals surface area (Å²) in [6.45, 7) is 0.837. The maximum absolute atomic E-state index is 8.70. The summed E-state index contributed by atoms with van der Waals surface area (Å²) >= 11 is 0. The van der Waals surface area contributed by atoms with Crippen molar-refractivity contribution < 1.29 is 4.74 Å². The van der Waals surface area contributed by atoms with Crippen LogP contribution < -0.4 is 10.1 Å². The second-order valence-corrected chi connectivity index (χ2v) is 3.36. The van der Waals surface area contributed by atoms with Crippen LogP contribution in [0.1, 0.15) is 17.9 Å². The van der Waals surface area contributed by atoms with E-state index in [1.165, 1.54) is 0 Å². The second kappa shape index (κ2) is 3.59. The van der Waals surface area contributed by atoms with Crippen molar-refractivity contribution in [3.05, 3.63) is 23.8 Å². The van der Waals surface area contributed by atoms with E-state index in [4.69, 9.17) is 10.00 Å². The Kier molecular flexibility index (Phi) is 2.28. The summed E-state index contributed by atoms with van der Waals surface area (Å²) in [6.07, 6.45) is 0.542. The summed E-state index contributed by atoms with van der Waals surface area (Å²) in [5.74, 6) is 1.15. The highest BCUT2D eigenvalue weighted by Gasteiger charge is 2.25. The van der Waals surface area contributed by atoms with Gasteiger partial charge >= 0.3 is 0 Å². The van der Waals surface area contributed by atoms with E-state index < -0.39 is 0 Å². The van der Waals surface area contributed by atoms with Crippen LogP contribution in [0.5, 0.6) is 5.75 Å². The van der Waals surface area contributed by atoms with Gasteiger partial charge in [-0.2, -0.15) is 5.26 Å². The maximum atomic E-state index is 8.70. The number of nitriles is 1. The first-order valence-electron chi connectivity index (χ1n) is 4.64. The number of ether oxygens (including phenoxy) is 1. The van der Waals surface area contributed by atoms with E-state index in [1.807, 2.05) is 18.2 Å². The minimum atomic E-state index is 0.270. The topological polar surface area (TPSA) is 45.0 Å². The van der Waals surface area contributed by atoms with Crippen molar-refractivity contribution in [3.8, 4) is 11.8 Å². The van der Waals surface area contributed by atoms with Gasteiger partial charge in [0.05, 0.1) is 13.2 Å². The van der Waals surface area contributed by atoms with Crippen LogP contribution in [0.15, 0.2) is 18.2 Å². The molecule has 0 saturated carbocycles. The summed E-state index contributed by atoms with van der Waals surface area (Å²) in [6, 6.07) is 8.13. The van der Waals surface area contributed by atoms with Gasteiger partial charge in [-0.1, -0.05) is 6.07 Å². The SMILES string of the molecule is COc1cccc2c1C(CC#N)CN2. The van der Waals surface area contributed by atoms with Crippen LogP contribution in [0.3, 0.4) is 0 Å². The summed E-state index contributed by atoms with van der Waals surface area (Å²) in [7, 11) is 1.66. The van der Waals surface area contributed by atoms with E-state index in [0.717, 1.165) is 23.5 Å². The van der Waals surface area contributed by atoms with E-state index in [2.05, 4.69) is 11.4 Å². The highest BCUT2D eigenvalue weighted by molar-refractivity contribution is 5.63. The Hall–Kier alpha value is -1.69. The quantitative estimate of drug-likeness (QED) is 0.773. The summed E-state index contributed by atoms with van der Waals surface area (Å²) < 4.78 is 5.28. The standard InChI is InChI=1S/C11H12N2O/c1-14-10-4-2-3-9-11(10)8(5-6-12)7-13-9/h2-4,8,13H,5,7H2,1H3. The van der Waals surface area contributed by atoms with Crippen LogP contribution in [0.2, 0.25) is 0 Å². The van der Waals surface area contributed by atoms with Crippen molar-refractivity contribution in [1.29, 1.82) is 5.26 Å². The zero-order valence-electron chi connectivity index (χ0n) is 8.08. The van der Waals surface area contributed by atoms with E-state index in [-0.39, 0.29) is 5.92 Å². The van der Waals surface area contributed by atoms with Gasteiger partial charge in [0.2, 0.25) is 0 Å². The van der Waals surface area contributed by atoms with Gasteiger partial charge in [-0.05, 0) is 12.1 Å². The maximum Gasteiger partial charge on any atom is 0.124 e. The second-order valence-electron chi connectivity index (χ2n) is 3.36. The molecule has 1 aliphatic rings. The van der Waals surface area contributed by atoms with Gasteiger partial charge in [-0.3, -0.25) is 0 Å². The summed E-state index contributed by atoms with van der Waals surface area (Å²) in [5, 5.41) is 12.0. The third-order valence-electron chi connectivity index (χ3n) is 2.57. The molecule has 3 heteroatoms. The Morgan fingerprint density at radius 2 is 2.50 bits per heavy atom. The third kappa shape index (κ3) is 1.29. The smallest absolute Gasteiger partial charge is 0.124 e. The molecule has 1 N–H and O–H groups in total. The number of hydrogen-bond donors (Lipinski definition) is 1. The van der Waals surface area contributed by atoms with Crippen molar-refractivity contribution in [2.75, 3.05) is 19.0 Å². The highest BCUT2D eigenvalue weighted by atomic mass is 16.5. The Morgan fingerprint density at radius 1 is 1.64 bits per heavy atom. The van der Waals surface area contributed by atoms with Crippen LogP contribution >= 0.6 is 0 Å². The lowest BCUT2D eigenvalue weighted by atomic mass is 9.98. The molecular weight excluding hydrogens is 176 g/mol. The largest absolute Gasteiger partial charge is 0.496 e. The van der Waals surface area contributed by atoms with Crippen LogP contribution in [-0.2, 0) is 0 Å². The number of fused-ring (bicyclic) bond motifs is 1. The van der Waals surface area contributed by atoms with Crippen molar-refractivity contribution in [2.45, 2.75) is 12.3 Å². The van der Waals surface area contributed by atoms with Gasteiger partial charge in [-0.15, -0.1) is 0 Å². The molecule has 2 rings (SSSR count). The van der Waals surface area contributed by atoms with Crippen LogP contribution in [0.25, 0.3) is 0 Å². The molecule has 1 aliphatic heterocycles. The molecular formula is C11H12N2O. The molecule has 0 bridgehead atoms. The molecule has 72 valence electrons. The zero-order chi connectivity index (χ0) is 9.97. The number of anilines is 1. The predicted molar refractivity (Wildman–Crippen MR) is 54.5 cm³/mol. The first-order valence-corrected chi connectivity index (χ1v) is 4.64. The van der Waals surface area contributed by atoms with Crippen LogP contribution in [0, 0.1) is 11.3 Å². The van der Waals surface area contributed by atoms with Crippen molar-refractivity contribution in [3.63, 3.8) is 0 Å². The van der Waals surface area contributed by atoms with Gasteiger partial charge in [0, 0.05) is 30.1 Å². The number of methoxy groups -OCH3 is 1. The van der Waals surface area contributed by atoms with E-state index in [0.29, 0.717) is 6.42 Å². The van der Waals surface area contributed by atoms with Gasteiger partial charge in [0.1, 0.15) is 5.75 Å². The molecule has 1 atom stereocenters. The van der Waals surface area contributed by atoms with Crippen LogP contribution in [-0.4, -0.2) is 13.7 Å². The van der Waals surface area contributed by atoms with Crippen molar-refractivity contribution in [2.24, 2.45) is 0 Å². The highest BCUT2D eigenvalue weighted by Crippen LogP contribution is 2.39. The normalized spacial score (nSPS) is 18.1. The molecule has 1 aromatic carbocycles. The molecule has 0 fully saturated rings. The Labute approximate surface area is 83.3 Å². The average Bonchev–Trinajstić information content (AvgIpc) is 2.62. The lowest BCUT2D eigenvalue weighted by Crippen LogP contribution is -2.01. The molecule has 0 radical (unpaired) electrons. The van der Waals surface area contributed by atoms with Gasteiger partial charge in [0.15, 0.2) is 0 Å². The molecule has 0 aliphatic carbocycles. The van der Waals surface area contributed by atoms with Gasteiger partial charge < -0.3 is 10.1 Å². The minimum Gasteiger partial charge on any atom is -0.496 e. The molecule has 1 aromatic rings.